The number of unbranched alkanes of at least 4 members (excludes halogenated alkanes) is 25. The van der Waals surface area contributed by atoms with E-state index in [2.05, 4.69) is 69.4 Å². The molecule has 0 aliphatic heterocycles. The fourth-order valence-corrected chi connectivity index (χ4v) is 6.80. The zero-order valence-electron chi connectivity index (χ0n) is 37.4. The molecule has 0 saturated heterocycles. The van der Waals surface area contributed by atoms with Gasteiger partial charge in [0.25, 0.3) is 0 Å². The van der Waals surface area contributed by atoms with Crippen LogP contribution in [0.3, 0.4) is 0 Å². The van der Waals surface area contributed by atoms with Crippen LogP contribution in [0.5, 0.6) is 0 Å². The second-order valence-electron chi connectivity index (χ2n) is 16.0. The van der Waals surface area contributed by atoms with Crippen LogP contribution in [0.2, 0.25) is 0 Å². The molecule has 0 amide bonds. The molecule has 0 aromatic rings. The molecule has 1 unspecified atom stereocenters. The molecule has 5 nitrogen and oxygen atoms in total. The summed E-state index contributed by atoms with van der Waals surface area (Å²) in [6.45, 7) is 7.64. The Morgan fingerprint density at radius 2 is 0.804 bits per heavy atom. The van der Waals surface area contributed by atoms with E-state index < -0.39 is 6.10 Å². The van der Waals surface area contributed by atoms with E-state index in [4.69, 9.17) is 14.2 Å². The van der Waals surface area contributed by atoms with Gasteiger partial charge in [-0.15, -0.1) is 0 Å². The maximum Gasteiger partial charge on any atom is 0.306 e. The lowest BCUT2D eigenvalue weighted by atomic mass is 10.0. The summed E-state index contributed by atoms with van der Waals surface area (Å²) in [5.74, 6) is -0.430. The maximum atomic E-state index is 12.6. The Morgan fingerprint density at radius 3 is 1.29 bits per heavy atom. The molecule has 5 heteroatoms. The monoisotopic (exact) mass is 785 g/mol. The minimum Gasteiger partial charge on any atom is -0.462 e. The van der Waals surface area contributed by atoms with Gasteiger partial charge in [0.1, 0.15) is 6.61 Å². The third-order valence-corrected chi connectivity index (χ3v) is 10.4. The van der Waals surface area contributed by atoms with E-state index in [-0.39, 0.29) is 25.2 Å². The smallest absolute Gasteiger partial charge is 0.306 e. The molecule has 0 spiro atoms. The largest absolute Gasteiger partial charge is 0.462 e. The van der Waals surface area contributed by atoms with Gasteiger partial charge in [0, 0.05) is 19.4 Å². The van der Waals surface area contributed by atoms with Gasteiger partial charge in [-0.05, 0) is 57.8 Å². The second kappa shape index (κ2) is 47.2. The van der Waals surface area contributed by atoms with Crippen molar-refractivity contribution in [2.24, 2.45) is 0 Å². The zero-order chi connectivity index (χ0) is 40.7. The van der Waals surface area contributed by atoms with E-state index in [1.54, 1.807) is 0 Å². The van der Waals surface area contributed by atoms with Crippen molar-refractivity contribution in [1.29, 1.82) is 0 Å². The molecule has 0 rings (SSSR count). The molecule has 0 aromatic carbocycles. The Morgan fingerprint density at radius 1 is 0.411 bits per heavy atom. The SMILES string of the molecule is CC/C=C\C/C=C\C/C=C\C/C=C\CCCCCCC(=O)OCC(COCCCCCCCCCCCCCCCCCCCC)OC(=O)CCCCCCC. The predicted octanol–water partition coefficient (Wildman–Crippen LogP) is 16.0. The van der Waals surface area contributed by atoms with Crippen LogP contribution in [0.1, 0.15) is 239 Å². The van der Waals surface area contributed by atoms with Gasteiger partial charge < -0.3 is 14.2 Å². The van der Waals surface area contributed by atoms with Crippen LogP contribution in [-0.4, -0.2) is 37.9 Å². The summed E-state index contributed by atoms with van der Waals surface area (Å²) >= 11 is 0. The fraction of sp³-hybridized carbons (Fsp3) is 0.804. The van der Waals surface area contributed by atoms with Gasteiger partial charge in [0.15, 0.2) is 6.10 Å². The summed E-state index contributed by atoms with van der Waals surface area (Å²) in [6, 6.07) is 0. The zero-order valence-corrected chi connectivity index (χ0v) is 37.4. The van der Waals surface area contributed by atoms with Crippen molar-refractivity contribution in [2.75, 3.05) is 19.8 Å². The maximum absolute atomic E-state index is 12.6. The Labute approximate surface area is 348 Å². The van der Waals surface area contributed by atoms with Crippen LogP contribution in [0, 0.1) is 0 Å². The molecule has 0 aliphatic carbocycles. The summed E-state index contributed by atoms with van der Waals surface area (Å²) in [6.07, 6.45) is 57.2. The molecule has 56 heavy (non-hydrogen) atoms. The highest BCUT2D eigenvalue weighted by Gasteiger charge is 2.17. The molecule has 0 aromatic heterocycles. The first-order valence-electron chi connectivity index (χ1n) is 24.2. The van der Waals surface area contributed by atoms with E-state index in [9.17, 15) is 9.59 Å². The van der Waals surface area contributed by atoms with Crippen LogP contribution in [-0.2, 0) is 23.8 Å². The Balaban J connectivity index is 4.05. The van der Waals surface area contributed by atoms with Gasteiger partial charge in [0.05, 0.1) is 6.61 Å². The number of allylic oxidation sites excluding steroid dienone is 8. The number of carbonyl (C=O) groups excluding carboxylic acids is 2. The molecule has 0 radical (unpaired) electrons. The Hall–Kier alpha value is -2.14. The first-order valence-corrected chi connectivity index (χ1v) is 24.2. The van der Waals surface area contributed by atoms with Crippen LogP contribution >= 0.6 is 0 Å². The van der Waals surface area contributed by atoms with Crippen molar-refractivity contribution in [3.8, 4) is 0 Å². The minimum absolute atomic E-state index is 0.0748. The second-order valence-corrected chi connectivity index (χ2v) is 16.0. The molecule has 0 fully saturated rings. The molecule has 0 bridgehead atoms. The number of esters is 2. The van der Waals surface area contributed by atoms with E-state index in [1.807, 2.05) is 0 Å². The summed E-state index contributed by atoms with van der Waals surface area (Å²) < 4.78 is 17.2. The molecule has 326 valence electrons. The van der Waals surface area contributed by atoms with Gasteiger partial charge >= 0.3 is 11.9 Å². The van der Waals surface area contributed by atoms with Gasteiger partial charge in [-0.3, -0.25) is 9.59 Å². The lowest BCUT2D eigenvalue weighted by Crippen LogP contribution is -2.30. The van der Waals surface area contributed by atoms with E-state index in [1.165, 1.54) is 122 Å². The van der Waals surface area contributed by atoms with Crippen LogP contribution in [0.25, 0.3) is 0 Å². The van der Waals surface area contributed by atoms with Gasteiger partial charge in [-0.2, -0.15) is 0 Å². The molecule has 1 atom stereocenters. The third kappa shape index (κ3) is 44.6. The first-order chi connectivity index (χ1) is 27.6. The van der Waals surface area contributed by atoms with Crippen molar-refractivity contribution in [3.63, 3.8) is 0 Å². The molecular formula is C51H92O5. The quantitative estimate of drug-likeness (QED) is 0.0350. The molecule has 0 saturated carbocycles. The first kappa shape index (κ1) is 53.9. The summed E-state index contributed by atoms with van der Waals surface area (Å²) in [5.41, 5.74) is 0. The lowest BCUT2D eigenvalue weighted by molar-refractivity contribution is -0.163. The van der Waals surface area contributed by atoms with Gasteiger partial charge in [0.2, 0.25) is 0 Å². The average molecular weight is 785 g/mol. The van der Waals surface area contributed by atoms with Crippen LogP contribution in [0.4, 0.5) is 0 Å². The van der Waals surface area contributed by atoms with E-state index in [0.29, 0.717) is 19.4 Å². The predicted molar refractivity (Wildman–Crippen MR) is 242 cm³/mol. The third-order valence-electron chi connectivity index (χ3n) is 10.4. The standard InChI is InChI=1S/C51H92O5/c1-4-7-10-13-15-17-19-21-23-25-27-29-31-33-35-37-40-43-46-54-47-49(56-51(53)45-42-38-12-9-6-3)48-55-50(52)44-41-39-36-34-32-30-28-26-24-22-20-18-16-14-11-8-5-2/h8,11,16,18,22,24,28,30,49H,4-7,9-10,12-15,17,19-21,23,25-27,29,31-48H2,1-3H3/b11-8-,18-16-,24-22-,30-28-. The van der Waals surface area contributed by atoms with Crippen LogP contribution in [0.15, 0.2) is 48.6 Å². The van der Waals surface area contributed by atoms with Crippen molar-refractivity contribution in [1.82, 2.24) is 0 Å². The molecular weight excluding hydrogens is 693 g/mol. The van der Waals surface area contributed by atoms with Crippen LogP contribution < -0.4 is 0 Å². The van der Waals surface area contributed by atoms with Crippen molar-refractivity contribution < 1.29 is 23.8 Å². The summed E-state index contributed by atoms with van der Waals surface area (Å²) in [5, 5.41) is 0. The van der Waals surface area contributed by atoms with Crippen molar-refractivity contribution >= 4 is 11.9 Å². The highest BCUT2D eigenvalue weighted by Crippen LogP contribution is 2.15. The van der Waals surface area contributed by atoms with Crippen molar-refractivity contribution in [2.45, 2.75) is 245 Å². The fourth-order valence-electron chi connectivity index (χ4n) is 6.80. The number of hydrogen-bond donors (Lipinski definition) is 0. The molecule has 0 N–H and O–H groups in total. The average Bonchev–Trinajstić information content (AvgIpc) is 3.20. The number of hydrogen-bond acceptors (Lipinski definition) is 5. The number of ether oxygens (including phenoxy) is 3. The Bertz CT molecular complexity index is 935. The normalized spacial score (nSPS) is 12.6. The number of carbonyl (C=O) groups is 2. The molecule has 0 heterocycles. The highest BCUT2D eigenvalue weighted by molar-refractivity contribution is 5.70. The topological polar surface area (TPSA) is 61.8 Å². The summed E-state index contributed by atoms with van der Waals surface area (Å²) in [7, 11) is 0. The lowest BCUT2D eigenvalue weighted by Gasteiger charge is -2.18. The minimum atomic E-state index is -0.538. The van der Waals surface area contributed by atoms with Gasteiger partial charge in [-0.1, -0.05) is 217 Å². The van der Waals surface area contributed by atoms with E-state index >= 15 is 0 Å². The van der Waals surface area contributed by atoms with Gasteiger partial charge in [-0.25, -0.2) is 0 Å². The number of rotatable bonds is 44. The van der Waals surface area contributed by atoms with Crippen molar-refractivity contribution in [3.05, 3.63) is 48.6 Å². The van der Waals surface area contributed by atoms with E-state index in [0.717, 1.165) is 83.5 Å². The Kier molecular flexibility index (Phi) is 45.4. The summed E-state index contributed by atoms with van der Waals surface area (Å²) in [4.78, 5) is 25.1. The molecule has 0 aliphatic rings. The highest BCUT2D eigenvalue weighted by atomic mass is 16.6.